The summed E-state index contributed by atoms with van der Waals surface area (Å²) in [6.07, 6.45) is 1.11. The van der Waals surface area contributed by atoms with Gasteiger partial charge in [0.05, 0.1) is 5.69 Å². The van der Waals surface area contributed by atoms with Gasteiger partial charge in [0.1, 0.15) is 0 Å². The molecule has 0 aliphatic heterocycles. The van der Waals surface area contributed by atoms with Gasteiger partial charge in [0.15, 0.2) is 5.13 Å². The molecule has 5 heteroatoms. The maximum Gasteiger partial charge on any atom is 0.185 e. The Balaban J connectivity index is 2.80. The first-order chi connectivity index (χ1) is 8.49. The van der Waals surface area contributed by atoms with Gasteiger partial charge in [0.2, 0.25) is 0 Å². The maximum absolute atomic E-state index is 5.82. The first-order valence-electron chi connectivity index (χ1n) is 6.55. The predicted octanol–water partition coefficient (Wildman–Crippen LogP) is 2.11. The number of hydrogen-bond donors (Lipinski definition) is 1. The molecule has 0 saturated heterocycles. The van der Waals surface area contributed by atoms with Crippen LogP contribution in [0.4, 0.5) is 5.13 Å². The summed E-state index contributed by atoms with van der Waals surface area (Å²) in [6.45, 7) is 7.04. The molecular weight excluding hydrogens is 244 g/mol. The molecule has 18 heavy (non-hydrogen) atoms. The lowest BCUT2D eigenvalue weighted by atomic mass is 10.0. The number of aromatic nitrogens is 1. The molecule has 0 radical (unpaired) electrons. The van der Waals surface area contributed by atoms with Crippen molar-refractivity contribution in [2.45, 2.75) is 32.7 Å². The molecule has 1 rings (SSSR count). The third-order valence-electron chi connectivity index (χ3n) is 3.19. The molecule has 1 atom stereocenters. The Hall–Kier alpha value is -0.650. The number of hydrogen-bond acceptors (Lipinski definition) is 5. The van der Waals surface area contributed by atoms with Crippen LogP contribution in [0.25, 0.3) is 0 Å². The second-order valence-corrected chi connectivity index (χ2v) is 6.11. The molecule has 1 unspecified atom stereocenters. The van der Waals surface area contributed by atoms with Gasteiger partial charge in [0.25, 0.3) is 0 Å². The van der Waals surface area contributed by atoms with Crippen LogP contribution in [0.5, 0.6) is 0 Å². The standard InChI is InChI=1S/C13H26N4S/c1-6-10(2)12-11(9-14)18-13(15-12)17(5)8-7-16(3)4/h10H,6-9,14H2,1-5H3. The number of rotatable bonds is 7. The normalized spacial score (nSPS) is 13.1. The maximum atomic E-state index is 5.82. The molecule has 0 saturated carbocycles. The molecule has 1 aromatic heterocycles. The molecule has 0 amide bonds. The first kappa shape index (κ1) is 15.4. The Morgan fingerprint density at radius 2 is 1.94 bits per heavy atom. The Morgan fingerprint density at radius 1 is 1.28 bits per heavy atom. The third-order valence-corrected chi connectivity index (χ3v) is 4.40. The zero-order valence-electron chi connectivity index (χ0n) is 12.2. The number of nitrogens with zero attached hydrogens (tertiary/aromatic N) is 3. The summed E-state index contributed by atoms with van der Waals surface area (Å²) in [5.41, 5.74) is 7.01. The summed E-state index contributed by atoms with van der Waals surface area (Å²) in [5.74, 6) is 0.496. The number of thiazole rings is 1. The van der Waals surface area contributed by atoms with Crippen molar-refractivity contribution >= 4 is 16.5 Å². The Morgan fingerprint density at radius 3 is 2.44 bits per heavy atom. The number of likely N-dealkylation sites (N-methyl/N-ethyl adjacent to an activating group) is 2. The summed E-state index contributed by atoms with van der Waals surface area (Å²) in [5, 5.41) is 1.09. The summed E-state index contributed by atoms with van der Waals surface area (Å²) in [6, 6.07) is 0. The summed E-state index contributed by atoms with van der Waals surface area (Å²) in [4.78, 5) is 10.4. The van der Waals surface area contributed by atoms with Crippen molar-refractivity contribution in [3.8, 4) is 0 Å². The fraction of sp³-hybridized carbons (Fsp3) is 0.769. The van der Waals surface area contributed by atoms with Gasteiger partial charge in [-0.3, -0.25) is 0 Å². The van der Waals surface area contributed by atoms with Gasteiger partial charge in [0, 0.05) is 31.6 Å². The lowest BCUT2D eigenvalue weighted by Gasteiger charge is -2.18. The third kappa shape index (κ3) is 3.93. The van der Waals surface area contributed by atoms with Crippen molar-refractivity contribution in [1.82, 2.24) is 9.88 Å². The fourth-order valence-corrected chi connectivity index (χ4v) is 2.73. The Bertz CT molecular complexity index is 362. The van der Waals surface area contributed by atoms with Crippen molar-refractivity contribution in [3.63, 3.8) is 0 Å². The van der Waals surface area contributed by atoms with Crippen LogP contribution in [0.1, 0.15) is 36.8 Å². The van der Waals surface area contributed by atoms with E-state index in [1.165, 1.54) is 10.6 Å². The summed E-state index contributed by atoms with van der Waals surface area (Å²) < 4.78 is 0. The highest BCUT2D eigenvalue weighted by Gasteiger charge is 2.16. The van der Waals surface area contributed by atoms with E-state index in [0.29, 0.717) is 12.5 Å². The summed E-state index contributed by atoms with van der Waals surface area (Å²) in [7, 11) is 6.28. The van der Waals surface area contributed by atoms with Crippen molar-refractivity contribution in [2.75, 3.05) is 39.1 Å². The van der Waals surface area contributed by atoms with Crippen LogP contribution in [-0.2, 0) is 6.54 Å². The lowest BCUT2D eigenvalue weighted by Crippen LogP contribution is -2.28. The topological polar surface area (TPSA) is 45.4 Å². The molecule has 0 aromatic carbocycles. The molecule has 104 valence electrons. The van der Waals surface area contributed by atoms with Crippen LogP contribution in [0.15, 0.2) is 0 Å². The Labute approximate surface area is 115 Å². The van der Waals surface area contributed by atoms with Crippen LogP contribution in [0.3, 0.4) is 0 Å². The van der Waals surface area contributed by atoms with Crippen LogP contribution < -0.4 is 10.6 Å². The van der Waals surface area contributed by atoms with Gasteiger partial charge in [-0.1, -0.05) is 13.8 Å². The minimum absolute atomic E-state index is 0.496. The second kappa shape index (κ2) is 7.07. The van der Waals surface area contributed by atoms with Crippen molar-refractivity contribution in [2.24, 2.45) is 5.73 Å². The lowest BCUT2D eigenvalue weighted by molar-refractivity contribution is 0.416. The predicted molar refractivity (Wildman–Crippen MR) is 80.5 cm³/mol. The van der Waals surface area contributed by atoms with E-state index in [9.17, 15) is 0 Å². The van der Waals surface area contributed by atoms with Crippen LogP contribution in [-0.4, -0.2) is 44.1 Å². The first-order valence-corrected chi connectivity index (χ1v) is 7.36. The quantitative estimate of drug-likeness (QED) is 0.824. The van der Waals surface area contributed by atoms with Gasteiger partial charge in [-0.05, 0) is 26.4 Å². The molecule has 1 heterocycles. The molecular formula is C13H26N4S. The van der Waals surface area contributed by atoms with E-state index in [4.69, 9.17) is 10.7 Å². The van der Waals surface area contributed by atoms with E-state index in [2.05, 4.69) is 44.8 Å². The number of nitrogens with two attached hydrogens (primary N) is 1. The molecule has 0 bridgehead atoms. The van der Waals surface area contributed by atoms with Gasteiger partial charge in [-0.2, -0.15) is 0 Å². The van der Waals surface area contributed by atoms with Crippen molar-refractivity contribution in [3.05, 3.63) is 10.6 Å². The van der Waals surface area contributed by atoms with E-state index in [-0.39, 0.29) is 0 Å². The van der Waals surface area contributed by atoms with Crippen LogP contribution in [0, 0.1) is 0 Å². The van der Waals surface area contributed by atoms with Crippen LogP contribution in [0.2, 0.25) is 0 Å². The zero-order chi connectivity index (χ0) is 13.7. The average Bonchev–Trinajstić information content (AvgIpc) is 2.78. The van der Waals surface area contributed by atoms with Gasteiger partial charge in [-0.25, -0.2) is 4.98 Å². The van der Waals surface area contributed by atoms with Gasteiger partial charge in [-0.15, -0.1) is 11.3 Å². The highest BCUT2D eigenvalue weighted by molar-refractivity contribution is 7.15. The molecule has 1 aromatic rings. The minimum Gasteiger partial charge on any atom is -0.350 e. The summed E-state index contributed by atoms with van der Waals surface area (Å²) >= 11 is 1.73. The molecule has 0 aliphatic rings. The fourth-order valence-electron chi connectivity index (χ4n) is 1.68. The highest BCUT2D eigenvalue weighted by Crippen LogP contribution is 2.31. The zero-order valence-corrected chi connectivity index (χ0v) is 13.0. The van der Waals surface area contributed by atoms with Crippen molar-refractivity contribution < 1.29 is 0 Å². The largest absolute Gasteiger partial charge is 0.350 e. The van der Waals surface area contributed by atoms with Crippen LogP contribution >= 0.6 is 11.3 Å². The Kier molecular flexibility index (Phi) is 6.05. The number of anilines is 1. The van der Waals surface area contributed by atoms with E-state index in [1.54, 1.807) is 11.3 Å². The minimum atomic E-state index is 0.496. The van der Waals surface area contributed by atoms with Gasteiger partial charge >= 0.3 is 0 Å². The average molecular weight is 270 g/mol. The molecule has 2 N–H and O–H groups in total. The van der Waals surface area contributed by atoms with E-state index < -0.39 is 0 Å². The second-order valence-electron chi connectivity index (χ2n) is 5.04. The monoisotopic (exact) mass is 270 g/mol. The molecule has 4 nitrogen and oxygen atoms in total. The van der Waals surface area contributed by atoms with Gasteiger partial charge < -0.3 is 15.5 Å². The molecule has 0 fully saturated rings. The van der Waals surface area contributed by atoms with E-state index in [0.717, 1.165) is 24.6 Å². The smallest absolute Gasteiger partial charge is 0.185 e. The molecule has 0 aliphatic carbocycles. The highest BCUT2D eigenvalue weighted by atomic mass is 32.1. The van der Waals surface area contributed by atoms with E-state index in [1.807, 2.05) is 0 Å². The van der Waals surface area contributed by atoms with E-state index >= 15 is 0 Å². The van der Waals surface area contributed by atoms with Crippen molar-refractivity contribution in [1.29, 1.82) is 0 Å². The molecule has 0 spiro atoms. The SMILES string of the molecule is CCC(C)c1nc(N(C)CCN(C)C)sc1CN.